The Morgan fingerprint density at radius 1 is 0.235 bits per heavy atom. The maximum absolute atomic E-state index is 5.85. The molecule has 0 saturated carbocycles. The second-order valence-corrected chi connectivity index (χ2v) is 11.2. The van der Waals surface area contributed by atoms with Crippen LogP contribution >= 0.6 is 0 Å². The maximum atomic E-state index is 5.85. The summed E-state index contributed by atoms with van der Waals surface area (Å²) in [5.41, 5.74) is 0. The van der Waals surface area contributed by atoms with Gasteiger partial charge in [-0.2, -0.15) is 0 Å². The van der Waals surface area contributed by atoms with E-state index in [1.54, 1.807) is 0 Å². The third kappa shape index (κ3) is 32.0. The monoisotopic (exact) mass is 481 g/mol. The zero-order valence-corrected chi connectivity index (χ0v) is 24.3. The van der Waals surface area contributed by atoms with Crippen LogP contribution in [0.15, 0.2) is 0 Å². The molecule has 0 spiro atoms. The number of ether oxygens (including phenoxy) is 1. The van der Waals surface area contributed by atoms with Crippen LogP contribution in [0.2, 0.25) is 0 Å². The maximum Gasteiger partial charge on any atom is 0.0466 e. The van der Waals surface area contributed by atoms with Crippen LogP contribution < -0.4 is 0 Å². The topological polar surface area (TPSA) is 9.23 Å². The van der Waals surface area contributed by atoms with E-state index in [1.165, 1.54) is 186 Å². The quantitative estimate of drug-likeness (QED) is 0.0896. The third-order valence-corrected chi connectivity index (χ3v) is 7.53. The molecule has 0 atom stereocenters. The van der Waals surface area contributed by atoms with Gasteiger partial charge in [0.2, 0.25) is 0 Å². The Balaban J connectivity index is 2.99. The van der Waals surface area contributed by atoms with Gasteiger partial charge in [0, 0.05) is 13.2 Å². The van der Waals surface area contributed by atoms with Crippen molar-refractivity contribution < 1.29 is 4.74 Å². The summed E-state index contributed by atoms with van der Waals surface area (Å²) >= 11 is 0. The fourth-order valence-corrected chi connectivity index (χ4v) is 5.08. The predicted molar refractivity (Wildman–Crippen MR) is 156 cm³/mol. The van der Waals surface area contributed by atoms with Crippen LogP contribution in [0, 0.1) is 0 Å². The predicted octanol–water partition coefficient (Wildman–Crippen LogP) is 12.4. The van der Waals surface area contributed by atoms with Crippen molar-refractivity contribution in [1.29, 1.82) is 0 Å². The van der Waals surface area contributed by atoms with Gasteiger partial charge in [-0.3, -0.25) is 0 Å². The van der Waals surface area contributed by atoms with Crippen molar-refractivity contribution in [3.63, 3.8) is 0 Å². The van der Waals surface area contributed by atoms with Crippen LogP contribution in [0.1, 0.15) is 200 Å². The van der Waals surface area contributed by atoms with Gasteiger partial charge in [0.05, 0.1) is 0 Å². The third-order valence-electron chi connectivity index (χ3n) is 7.53. The summed E-state index contributed by atoms with van der Waals surface area (Å²) in [5.74, 6) is 0. The van der Waals surface area contributed by atoms with Crippen molar-refractivity contribution >= 4 is 0 Å². The largest absolute Gasteiger partial charge is 0.381 e. The number of hydrogen-bond acceptors (Lipinski definition) is 1. The van der Waals surface area contributed by atoms with Gasteiger partial charge in [-0.25, -0.2) is 0 Å². The first kappa shape index (κ1) is 34.0. The summed E-state index contributed by atoms with van der Waals surface area (Å²) in [6, 6.07) is 0. The minimum atomic E-state index is 0.996. The van der Waals surface area contributed by atoms with Crippen molar-refractivity contribution in [1.82, 2.24) is 0 Å². The molecule has 0 aliphatic carbocycles. The van der Waals surface area contributed by atoms with E-state index in [0.717, 1.165) is 13.2 Å². The Morgan fingerprint density at radius 2 is 0.412 bits per heavy atom. The molecule has 0 fully saturated rings. The highest BCUT2D eigenvalue weighted by Gasteiger charge is 1.96. The van der Waals surface area contributed by atoms with Crippen LogP contribution in [0.3, 0.4) is 0 Å². The van der Waals surface area contributed by atoms with E-state index in [2.05, 4.69) is 13.8 Å². The zero-order valence-electron chi connectivity index (χ0n) is 24.3. The molecule has 0 saturated heterocycles. The Morgan fingerprint density at radius 3 is 0.618 bits per heavy atom. The van der Waals surface area contributed by atoms with Gasteiger partial charge >= 0.3 is 0 Å². The Bertz CT molecular complexity index is 295. The first-order valence-electron chi connectivity index (χ1n) is 16.5. The molecule has 1 nitrogen and oxygen atoms in total. The van der Waals surface area contributed by atoms with E-state index >= 15 is 0 Å². The molecule has 0 amide bonds. The van der Waals surface area contributed by atoms with Crippen LogP contribution in [-0.2, 0) is 4.74 Å². The van der Waals surface area contributed by atoms with Crippen molar-refractivity contribution in [3.8, 4) is 0 Å². The van der Waals surface area contributed by atoms with E-state index in [-0.39, 0.29) is 0 Å². The lowest BCUT2D eigenvalue weighted by atomic mass is 10.0. The number of rotatable bonds is 31. The summed E-state index contributed by atoms with van der Waals surface area (Å²) in [4.78, 5) is 0. The molecule has 0 aromatic carbocycles. The summed E-state index contributed by atoms with van der Waals surface area (Å²) < 4.78 is 5.85. The molecule has 0 aromatic rings. The van der Waals surface area contributed by atoms with E-state index in [1.807, 2.05) is 0 Å². The molecular formula is C33H68O. The number of unbranched alkanes of at least 4 members (excludes halogenated alkanes) is 27. The molecule has 0 bridgehead atoms. The molecule has 0 aliphatic heterocycles. The molecule has 34 heavy (non-hydrogen) atoms. The minimum Gasteiger partial charge on any atom is -0.381 e. The second kappa shape index (κ2) is 33.0. The average molecular weight is 481 g/mol. The molecule has 206 valence electrons. The van der Waals surface area contributed by atoms with E-state index in [4.69, 9.17) is 4.74 Å². The lowest BCUT2D eigenvalue weighted by Gasteiger charge is -2.05. The van der Waals surface area contributed by atoms with Gasteiger partial charge in [-0.05, 0) is 12.8 Å². The van der Waals surface area contributed by atoms with Gasteiger partial charge in [-0.15, -0.1) is 0 Å². The van der Waals surface area contributed by atoms with Gasteiger partial charge < -0.3 is 4.74 Å². The molecular weight excluding hydrogens is 412 g/mol. The fourth-order valence-electron chi connectivity index (χ4n) is 5.08. The lowest BCUT2D eigenvalue weighted by Crippen LogP contribution is -1.97. The van der Waals surface area contributed by atoms with Gasteiger partial charge in [-0.1, -0.05) is 187 Å². The summed E-state index contributed by atoms with van der Waals surface area (Å²) in [5, 5.41) is 0. The van der Waals surface area contributed by atoms with Gasteiger partial charge in [0.1, 0.15) is 0 Å². The van der Waals surface area contributed by atoms with Gasteiger partial charge in [0.15, 0.2) is 0 Å². The molecule has 0 aliphatic rings. The normalized spacial score (nSPS) is 11.5. The molecule has 0 rings (SSSR count). The van der Waals surface area contributed by atoms with Crippen LogP contribution in [0.4, 0.5) is 0 Å². The second-order valence-electron chi connectivity index (χ2n) is 11.2. The van der Waals surface area contributed by atoms with E-state index < -0.39 is 0 Å². The van der Waals surface area contributed by atoms with E-state index in [9.17, 15) is 0 Å². The van der Waals surface area contributed by atoms with Crippen LogP contribution in [0.25, 0.3) is 0 Å². The Kier molecular flexibility index (Phi) is 32.9. The van der Waals surface area contributed by atoms with Crippen molar-refractivity contribution in [2.75, 3.05) is 13.2 Å². The highest BCUT2D eigenvalue weighted by atomic mass is 16.5. The van der Waals surface area contributed by atoms with Gasteiger partial charge in [0.25, 0.3) is 0 Å². The summed E-state index contributed by atoms with van der Waals surface area (Å²) in [6.45, 7) is 6.59. The molecule has 0 heterocycles. The van der Waals surface area contributed by atoms with Crippen LogP contribution in [-0.4, -0.2) is 13.2 Å². The fraction of sp³-hybridized carbons (Fsp3) is 1.00. The standard InChI is InChI=1S/C33H68O/c1-3-5-7-9-11-13-15-16-17-18-19-20-21-23-25-27-29-31-33-34-32-30-28-26-24-22-14-12-10-8-6-4-2/h3-33H2,1-2H3. The van der Waals surface area contributed by atoms with Crippen molar-refractivity contribution in [2.45, 2.75) is 200 Å². The first-order chi connectivity index (χ1) is 16.9. The van der Waals surface area contributed by atoms with Crippen LogP contribution in [0.5, 0.6) is 0 Å². The Labute approximate surface area is 218 Å². The zero-order chi connectivity index (χ0) is 24.6. The lowest BCUT2D eigenvalue weighted by molar-refractivity contribution is 0.125. The smallest absolute Gasteiger partial charge is 0.0466 e. The number of hydrogen-bond donors (Lipinski definition) is 0. The van der Waals surface area contributed by atoms with Crippen molar-refractivity contribution in [2.24, 2.45) is 0 Å². The average Bonchev–Trinajstić information content (AvgIpc) is 2.85. The minimum absolute atomic E-state index is 0.996. The first-order valence-corrected chi connectivity index (χ1v) is 16.5. The molecule has 1 heteroatoms. The Hall–Kier alpha value is -0.0400. The molecule has 0 aromatic heterocycles. The molecule has 0 N–H and O–H groups in total. The SMILES string of the molecule is CCCCCCCCCCCCCCCCCCCCOCCCCCCCCCCCCC. The highest BCUT2D eigenvalue weighted by molar-refractivity contribution is 4.51. The summed E-state index contributed by atoms with van der Waals surface area (Å²) in [7, 11) is 0. The molecule has 0 radical (unpaired) electrons. The van der Waals surface area contributed by atoms with E-state index in [0.29, 0.717) is 0 Å². The summed E-state index contributed by atoms with van der Waals surface area (Å²) in [6.07, 6.45) is 41.6. The van der Waals surface area contributed by atoms with Crippen molar-refractivity contribution in [3.05, 3.63) is 0 Å². The highest BCUT2D eigenvalue weighted by Crippen LogP contribution is 2.15. The molecule has 0 unspecified atom stereocenters.